The van der Waals surface area contributed by atoms with E-state index in [9.17, 15) is 18.4 Å². The number of allylic oxidation sites excluding steroid dienone is 1. The molecule has 0 N–H and O–H groups in total. The predicted molar refractivity (Wildman–Crippen MR) is 105 cm³/mol. The van der Waals surface area contributed by atoms with Gasteiger partial charge in [0.2, 0.25) is 5.91 Å². The quantitative estimate of drug-likeness (QED) is 0.685. The third kappa shape index (κ3) is 4.53. The van der Waals surface area contributed by atoms with Crippen LogP contribution in [-0.2, 0) is 20.9 Å². The van der Waals surface area contributed by atoms with E-state index < -0.39 is 23.5 Å². The molecule has 0 aliphatic carbocycles. The lowest BCUT2D eigenvalue weighted by atomic mass is 9.83. The first-order valence-electron chi connectivity index (χ1n) is 9.49. The molecule has 1 aliphatic heterocycles. The number of amides is 1. The molecule has 0 saturated carbocycles. The molecule has 6 heteroatoms. The Hall–Kier alpha value is -3.02. The normalized spacial score (nSPS) is 17.1. The van der Waals surface area contributed by atoms with Crippen LogP contribution in [-0.4, -0.2) is 22.9 Å². The average molecular weight is 399 g/mol. The first-order chi connectivity index (χ1) is 13.8. The zero-order valence-corrected chi connectivity index (χ0v) is 16.6. The van der Waals surface area contributed by atoms with Gasteiger partial charge in [0.1, 0.15) is 0 Å². The highest BCUT2D eigenvalue weighted by Crippen LogP contribution is 2.37. The highest BCUT2D eigenvalue weighted by Gasteiger charge is 2.37. The Labute approximate surface area is 168 Å². The second kappa shape index (κ2) is 8.55. The molecule has 1 aliphatic rings. The van der Waals surface area contributed by atoms with Crippen molar-refractivity contribution in [1.29, 1.82) is 0 Å². The third-order valence-electron chi connectivity index (χ3n) is 4.91. The number of esters is 1. The summed E-state index contributed by atoms with van der Waals surface area (Å²) in [5.74, 6) is -3.01. The summed E-state index contributed by atoms with van der Waals surface area (Å²) in [6, 6.07) is 12.8. The molecule has 2 aromatic carbocycles. The second-order valence-electron chi connectivity index (χ2n) is 7.35. The van der Waals surface area contributed by atoms with Crippen LogP contribution >= 0.6 is 0 Å². The molecular weight excluding hydrogens is 376 g/mol. The molecule has 0 aromatic heterocycles. The Kier molecular flexibility index (Phi) is 6.11. The van der Waals surface area contributed by atoms with Crippen LogP contribution < -0.4 is 0 Å². The van der Waals surface area contributed by atoms with E-state index in [1.807, 2.05) is 30.3 Å². The van der Waals surface area contributed by atoms with Gasteiger partial charge in [-0.25, -0.2) is 13.6 Å². The van der Waals surface area contributed by atoms with Crippen LogP contribution in [0.4, 0.5) is 8.78 Å². The van der Waals surface area contributed by atoms with Crippen LogP contribution in [0.3, 0.4) is 0 Å². The van der Waals surface area contributed by atoms with Crippen molar-refractivity contribution in [2.75, 3.05) is 0 Å². The number of carbonyl (C=O) groups is 2. The highest BCUT2D eigenvalue weighted by atomic mass is 19.2. The fourth-order valence-electron chi connectivity index (χ4n) is 3.54. The SMILES string of the molecule is CC1=C(C(=O)OC(C)C)C(c2ccccc2)CC(=O)N1Cc1ccc(F)c(F)c1. The van der Waals surface area contributed by atoms with E-state index in [0.29, 0.717) is 16.8 Å². The molecule has 29 heavy (non-hydrogen) atoms. The highest BCUT2D eigenvalue weighted by molar-refractivity contribution is 5.96. The number of nitrogens with zero attached hydrogens (tertiary/aromatic N) is 1. The number of ether oxygens (including phenoxy) is 1. The van der Waals surface area contributed by atoms with Gasteiger partial charge in [-0.1, -0.05) is 36.4 Å². The van der Waals surface area contributed by atoms with Crippen LogP contribution in [0.1, 0.15) is 44.2 Å². The summed E-state index contributed by atoms with van der Waals surface area (Å²) >= 11 is 0. The molecule has 0 radical (unpaired) electrons. The van der Waals surface area contributed by atoms with Gasteiger partial charge in [0.15, 0.2) is 11.6 Å². The van der Waals surface area contributed by atoms with Gasteiger partial charge in [0.05, 0.1) is 18.2 Å². The van der Waals surface area contributed by atoms with Gasteiger partial charge in [-0.15, -0.1) is 0 Å². The number of rotatable bonds is 5. The van der Waals surface area contributed by atoms with Crippen LogP contribution in [0.15, 0.2) is 59.8 Å². The smallest absolute Gasteiger partial charge is 0.336 e. The van der Waals surface area contributed by atoms with Crippen molar-refractivity contribution in [3.05, 3.63) is 82.6 Å². The molecule has 152 valence electrons. The standard InChI is InChI=1S/C23H23F2NO3/c1-14(2)29-23(28)22-15(3)26(13-16-9-10-19(24)20(25)11-16)21(27)12-18(22)17-7-5-4-6-8-17/h4-11,14,18H,12-13H2,1-3H3. The number of carbonyl (C=O) groups excluding carboxylic acids is 2. The van der Waals surface area contributed by atoms with Crippen LogP contribution in [0.25, 0.3) is 0 Å². The molecule has 2 aromatic rings. The van der Waals surface area contributed by atoms with Crippen LogP contribution in [0.5, 0.6) is 0 Å². The maximum absolute atomic E-state index is 13.6. The summed E-state index contributed by atoms with van der Waals surface area (Å²) in [5, 5.41) is 0. The fraction of sp³-hybridized carbons (Fsp3) is 0.304. The molecule has 1 unspecified atom stereocenters. The first-order valence-corrected chi connectivity index (χ1v) is 9.49. The minimum atomic E-state index is -0.977. The number of benzene rings is 2. The largest absolute Gasteiger partial charge is 0.460 e. The van der Waals surface area contributed by atoms with Gasteiger partial charge in [0.25, 0.3) is 0 Å². The molecule has 1 amide bonds. The predicted octanol–water partition coefficient (Wildman–Crippen LogP) is 4.71. The lowest BCUT2D eigenvalue weighted by molar-refractivity contribution is -0.143. The first kappa shape index (κ1) is 20.7. The molecule has 1 atom stereocenters. The maximum Gasteiger partial charge on any atom is 0.336 e. The molecule has 4 nitrogen and oxygen atoms in total. The Balaban J connectivity index is 2.02. The average Bonchev–Trinajstić information content (AvgIpc) is 2.67. The number of halogens is 2. The zero-order valence-electron chi connectivity index (χ0n) is 16.6. The molecule has 0 spiro atoms. The van der Waals surface area contributed by atoms with Crippen molar-refractivity contribution < 1.29 is 23.1 Å². The summed E-state index contributed by atoms with van der Waals surface area (Å²) < 4.78 is 32.3. The van der Waals surface area contributed by atoms with Gasteiger partial charge < -0.3 is 9.64 Å². The van der Waals surface area contributed by atoms with E-state index in [0.717, 1.165) is 17.7 Å². The van der Waals surface area contributed by atoms with Gasteiger partial charge in [0, 0.05) is 18.0 Å². The lowest BCUT2D eigenvalue weighted by Crippen LogP contribution is -2.38. The number of hydrogen-bond acceptors (Lipinski definition) is 3. The monoisotopic (exact) mass is 399 g/mol. The molecule has 3 rings (SSSR count). The molecule has 1 heterocycles. The second-order valence-corrected chi connectivity index (χ2v) is 7.35. The fourth-order valence-corrected chi connectivity index (χ4v) is 3.54. The minimum Gasteiger partial charge on any atom is -0.460 e. The van der Waals surface area contributed by atoms with Crippen molar-refractivity contribution in [3.63, 3.8) is 0 Å². The van der Waals surface area contributed by atoms with E-state index in [2.05, 4.69) is 0 Å². The van der Waals surface area contributed by atoms with Gasteiger partial charge in [-0.3, -0.25) is 4.79 Å². The van der Waals surface area contributed by atoms with Crippen LogP contribution in [0.2, 0.25) is 0 Å². The summed E-state index contributed by atoms with van der Waals surface area (Å²) in [6.45, 7) is 5.25. The van der Waals surface area contributed by atoms with Gasteiger partial charge >= 0.3 is 5.97 Å². The van der Waals surface area contributed by atoms with E-state index >= 15 is 0 Å². The summed E-state index contributed by atoms with van der Waals surface area (Å²) in [6.07, 6.45) is -0.218. The Morgan fingerprint density at radius 2 is 1.83 bits per heavy atom. The van der Waals surface area contributed by atoms with E-state index in [-0.39, 0.29) is 25.0 Å². The Morgan fingerprint density at radius 1 is 1.14 bits per heavy atom. The van der Waals surface area contributed by atoms with Crippen molar-refractivity contribution >= 4 is 11.9 Å². The van der Waals surface area contributed by atoms with Crippen LogP contribution in [0, 0.1) is 11.6 Å². The van der Waals surface area contributed by atoms with Crippen molar-refractivity contribution in [1.82, 2.24) is 4.90 Å². The third-order valence-corrected chi connectivity index (χ3v) is 4.91. The summed E-state index contributed by atoms with van der Waals surface area (Å²) in [5.41, 5.74) is 2.16. The van der Waals surface area contributed by atoms with Crippen molar-refractivity contribution in [2.24, 2.45) is 0 Å². The van der Waals surface area contributed by atoms with Gasteiger partial charge in [-0.05, 0) is 44.0 Å². The van der Waals surface area contributed by atoms with Gasteiger partial charge in [-0.2, -0.15) is 0 Å². The van der Waals surface area contributed by atoms with E-state index in [4.69, 9.17) is 4.74 Å². The number of hydrogen-bond donors (Lipinski definition) is 0. The molecule has 0 fully saturated rings. The van der Waals surface area contributed by atoms with Crippen molar-refractivity contribution in [3.8, 4) is 0 Å². The van der Waals surface area contributed by atoms with E-state index in [1.54, 1.807) is 20.8 Å². The maximum atomic E-state index is 13.6. The molecule has 0 bridgehead atoms. The Morgan fingerprint density at radius 3 is 2.45 bits per heavy atom. The summed E-state index contributed by atoms with van der Waals surface area (Å²) in [7, 11) is 0. The lowest BCUT2D eigenvalue weighted by Gasteiger charge is -2.34. The minimum absolute atomic E-state index is 0.0435. The summed E-state index contributed by atoms with van der Waals surface area (Å²) in [4.78, 5) is 27.2. The van der Waals surface area contributed by atoms with Crippen molar-refractivity contribution in [2.45, 2.75) is 45.8 Å². The Bertz CT molecular complexity index is 954. The van der Waals surface area contributed by atoms with E-state index in [1.165, 1.54) is 11.0 Å². The zero-order chi connectivity index (χ0) is 21.1. The molecule has 0 saturated heterocycles. The topological polar surface area (TPSA) is 46.6 Å². The molecular formula is C23H23F2NO3.